The lowest BCUT2D eigenvalue weighted by Gasteiger charge is -2.15. The van der Waals surface area contributed by atoms with Gasteiger partial charge in [0.2, 0.25) is 11.1 Å². The number of aromatic nitrogens is 4. The highest BCUT2D eigenvalue weighted by Gasteiger charge is 2.15. The number of carbonyl (C=O) groups excluding carboxylic acids is 1. The molecule has 1 amide bonds. The van der Waals surface area contributed by atoms with Crippen LogP contribution in [0, 0.1) is 0 Å². The van der Waals surface area contributed by atoms with E-state index in [1.807, 2.05) is 42.8 Å². The second-order valence-electron chi connectivity index (χ2n) is 6.15. The summed E-state index contributed by atoms with van der Waals surface area (Å²) >= 11 is 2.98. The summed E-state index contributed by atoms with van der Waals surface area (Å²) in [7, 11) is 1.82. The van der Waals surface area contributed by atoms with E-state index in [4.69, 9.17) is 0 Å². The van der Waals surface area contributed by atoms with Crippen LogP contribution < -0.4 is 0 Å². The number of thioether (sulfide) groups is 1. The zero-order valence-electron chi connectivity index (χ0n) is 15.1. The molecule has 0 unspecified atom stereocenters. The fourth-order valence-electron chi connectivity index (χ4n) is 3.03. The number of benzene rings is 1. The molecule has 0 bridgehead atoms. The van der Waals surface area contributed by atoms with Crippen LogP contribution in [-0.2, 0) is 17.9 Å². The Balaban J connectivity index is 1.52. The molecule has 3 heterocycles. The smallest absolute Gasteiger partial charge is 0.233 e. The number of fused-ring (bicyclic) bond motifs is 3. The molecule has 6 nitrogen and oxygen atoms in total. The van der Waals surface area contributed by atoms with E-state index in [-0.39, 0.29) is 5.91 Å². The van der Waals surface area contributed by atoms with Crippen molar-refractivity contribution in [2.45, 2.75) is 25.2 Å². The van der Waals surface area contributed by atoms with E-state index >= 15 is 0 Å². The van der Waals surface area contributed by atoms with Crippen LogP contribution in [0.1, 0.15) is 11.8 Å². The van der Waals surface area contributed by atoms with E-state index in [2.05, 4.69) is 32.7 Å². The monoisotopic (exact) mass is 397 g/mol. The summed E-state index contributed by atoms with van der Waals surface area (Å²) in [6.45, 7) is 3.51. The van der Waals surface area contributed by atoms with Crippen LogP contribution in [-0.4, -0.2) is 43.4 Å². The Morgan fingerprint density at radius 3 is 2.85 bits per heavy atom. The van der Waals surface area contributed by atoms with E-state index in [1.54, 1.807) is 16.2 Å². The zero-order valence-corrected chi connectivity index (χ0v) is 16.8. The van der Waals surface area contributed by atoms with E-state index < -0.39 is 0 Å². The molecule has 0 radical (unpaired) electrons. The number of hydrogen-bond acceptors (Lipinski definition) is 6. The Bertz CT molecular complexity index is 1090. The molecule has 0 saturated carbocycles. The molecule has 3 aromatic heterocycles. The van der Waals surface area contributed by atoms with Crippen molar-refractivity contribution >= 4 is 51.1 Å². The number of hydrogen-bond donors (Lipinski definition) is 0. The number of aryl methyl sites for hydroxylation is 1. The van der Waals surface area contributed by atoms with Gasteiger partial charge in [-0.1, -0.05) is 36.0 Å². The number of rotatable bonds is 6. The van der Waals surface area contributed by atoms with Crippen LogP contribution in [0.3, 0.4) is 0 Å². The topological polar surface area (TPSA) is 63.9 Å². The number of amides is 1. The molecule has 0 fully saturated rings. The van der Waals surface area contributed by atoms with Gasteiger partial charge >= 0.3 is 0 Å². The summed E-state index contributed by atoms with van der Waals surface area (Å²) in [5, 5.41) is 12.2. The number of para-hydroxylation sites is 1. The van der Waals surface area contributed by atoms with Crippen molar-refractivity contribution in [1.82, 2.24) is 24.6 Å². The summed E-state index contributed by atoms with van der Waals surface area (Å²) in [5.41, 5.74) is 2.72. The third-order valence-electron chi connectivity index (χ3n) is 4.39. The van der Waals surface area contributed by atoms with Crippen LogP contribution in [0.25, 0.3) is 22.1 Å². The molecular weight excluding hydrogens is 378 g/mol. The quantitative estimate of drug-likeness (QED) is 0.463. The SMILES string of the molecule is CCn1c2ccccc2c2nnc(SCC(=O)N(C)Cc3cccs3)nc21. The highest BCUT2D eigenvalue weighted by Crippen LogP contribution is 2.27. The molecule has 4 aromatic rings. The largest absolute Gasteiger partial charge is 0.340 e. The Morgan fingerprint density at radius 2 is 2.07 bits per heavy atom. The van der Waals surface area contributed by atoms with Crippen molar-refractivity contribution in [3.8, 4) is 0 Å². The second kappa shape index (κ2) is 7.66. The first-order chi connectivity index (χ1) is 13.2. The lowest BCUT2D eigenvalue weighted by molar-refractivity contribution is -0.127. The normalized spacial score (nSPS) is 11.3. The molecule has 0 aliphatic carbocycles. The van der Waals surface area contributed by atoms with Gasteiger partial charge in [-0.3, -0.25) is 4.79 Å². The first-order valence-corrected chi connectivity index (χ1v) is 10.5. The third-order valence-corrected chi connectivity index (χ3v) is 6.08. The van der Waals surface area contributed by atoms with Gasteiger partial charge in [0.15, 0.2) is 5.65 Å². The average molecular weight is 398 g/mol. The highest BCUT2D eigenvalue weighted by atomic mass is 32.2. The minimum Gasteiger partial charge on any atom is -0.340 e. The van der Waals surface area contributed by atoms with Gasteiger partial charge in [-0.2, -0.15) is 0 Å². The first-order valence-electron chi connectivity index (χ1n) is 8.68. The molecule has 27 heavy (non-hydrogen) atoms. The van der Waals surface area contributed by atoms with Crippen LogP contribution in [0.2, 0.25) is 0 Å². The van der Waals surface area contributed by atoms with Crippen molar-refractivity contribution in [3.63, 3.8) is 0 Å². The first kappa shape index (κ1) is 17.9. The van der Waals surface area contributed by atoms with Crippen molar-refractivity contribution in [3.05, 3.63) is 46.7 Å². The van der Waals surface area contributed by atoms with Gasteiger partial charge in [0.25, 0.3) is 0 Å². The van der Waals surface area contributed by atoms with E-state index in [9.17, 15) is 4.79 Å². The summed E-state index contributed by atoms with van der Waals surface area (Å²) in [5.74, 6) is 0.342. The number of carbonyl (C=O) groups is 1. The number of nitrogens with zero attached hydrogens (tertiary/aromatic N) is 5. The van der Waals surface area contributed by atoms with Crippen molar-refractivity contribution in [2.75, 3.05) is 12.8 Å². The lowest BCUT2D eigenvalue weighted by atomic mass is 10.2. The molecule has 0 N–H and O–H groups in total. The fourth-order valence-corrected chi connectivity index (χ4v) is 4.51. The molecule has 1 aromatic carbocycles. The van der Waals surface area contributed by atoms with Gasteiger partial charge in [-0.05, 0) is 24.4 Å². The standard InChI is InChI=1S/C19H19N5OS2/c1-3-24-15-9-5-4-8-14(15)17-18(24)20-19(22-21-17)27-12-16(25)23(2)11-13-7-6-10-26-13/h4-10H,3,11-12H2,1-2H3. The Hall–Kier alpha value is -2.45. The van der Waals surface area contributed by atoms with Crippen molar-refractivity contribution in [1.29, 1.82) is 0 Å². The molecule has 0 saturated heterocycles. The van der Waals surface area contributed by atoms with Gasteiger partial charge in [-0.15, -0.1) is 21.5 Å². The van der Waals surface area contributed by atoms with Crippen LogP contribution in [0.15, 0.2) is 46.9 Å². The summed E-state index contributed by atoms with van der Waals surface area (Å²) < 4.78 is 2.13. The van der Waals surface area contributed by atoms with Crippen LogP contribution in [0.4, 0.5) is 0 Å². The van der Waals surface area contributed by atoms with Crippen molar-refractivity contribution < 1.29 is 4.79 Å². The molecular formula is C19H19N5OS2. The lowest BCUT2D eigenvalue weighted by Crippen LogP contribution is -2.27. The molecule has 0 atom stereocenters. The molecule has 0 aliphatic rings. The van der Waals surface area contributed by atoms with Gasteiger partial charge in [0, 0.05) is 23.9 Å². The minimum atomic E-state index is 0.0492. The molecule has 138 valence electrons. The maximum atomic E-state index is 12.4. The van der Waals surface area contributed by atoms with Gasteiger partial charge in [0.1, 0.15) is 5.52 Å². The third kappa shape index (κ3) is 3.54. The highest BCUT2D eigenvalue weighted by molar-refractivity contribution is 7.99. The summed E-state index contributed by atoms with van der Waals surface area (Å²) in [6.07, 6.45) is 0. The fraction of sp³-hybridized carbons (Fsp3) is 0.263. The summed E-state index contributed by atoms with van der Waals surface area (Å²) in [6, 6.07) is 12.1. The Morgan fingerprint density at radius 1 is 1.22 bits per heavy atom. The Kier molecular flexibility index (Phi) is 5.09. The van der Waals surface area contributed by atoms with E-state index in [1.165, 1.54) is 16.6 Å². The summed E-state index contributed by atoms with van der Waals surface area (Å²) in [4.78, 5) is 20.0. The Labute approximate surface area is 165 Å². The average Bonchev–Trinajstić information content (AvgIpc) is 3.31. The van der Waals surface area contributed by atoms with Crippen molar-refractivity contribution in [2.24, 2.45) is 0 Å². The van der Waals surface area contributed by atoms with Gasteiger partial charge < -0.3 is 9.47 Å². The number of thiophene rings is 1. The van der Waals surface area contributed by atoms with E-state index in [0.717, 1.165) is 28.6 Å². The predicted octanol–water partition coefficient (Wildman–Crippen LogP) is 3.81. The van der Waals surface area contributed by atoms with E-state index in [0.29, 0.717) is 17.5 Å². The van der Waals surface area contributed by atoms with Gasteiger partial charge in [-0.25, -0.2) is 4.98 Å². The maximum Gasteiger partial charge on any atom is 0.233 e. The van der Waals surface area contributed by atoms with Crippen LogP contribution >= 0.6 is 23.1 Å². The molecule has 4 rings (SSSR count). The second-order valence-corrected chi connectivity index (χ2v) is 8.12. The molecule has 8 heteroatoms. The molecule has 0 aliphatic heterocycles. The minimum absolute atomic E-state index is 0.0492. The van der Waals surface area contributed by atoms with Crippen LogP contribution in [0.5, 0.6) is 0 Å². The van der Waals surface area contributed by atoms with Gasteiger partial charge in [0.05, 0.1) is 17.8 Å². The zero-order chi connectivity index (χ0) is 18.8. The maximum absolute atomic E-state index is 12.4. The molecule has 0 spiro atoms. The predicted molar refractivity (Wildman–Crippen MR) is 110 cm³/mol.